The molecule has 0 atom stereocenters. The third-order valence-corrected chi connectivity index (χ3v) is 3.81. The number of hydrogen-bond acceptors (Lipinski definition) is 2. The van der Waals surface area contributed by atoms with Gasteiger partial charge in [-0.3, -0.25) is 9.58 Å². The summed E-state index contributed by atoms with van der Waals surface area (Å²) in [4.78, 5) is 2.56. The second kappa shape index (κ2) is 5.87. The minimum Gasteiger partial charge on any atom is -0.297 e. The third-order valence-electron chi connectivity index (χ3n) is 3.81. The van der Waals surface area contributed by atoms with Gasteiger partial charge in [0.15, 0.2) is 0 Å². The third kappa shape index (κ3) is 3.14. The molecule has 0 aromatic carbocycles. The fourth-order valence-corrected chi connectivity index (χ4v) is 2.64. The Balaban J connectivity index is 2.14. The number of aromatic nitrogens is 2. The largest absolute Gasteiger partial charge is 0.297 e. The monoisotopic (exact) mass is 249 g/mol. The van der Waals surface area contributed by atoms with Gasteiger partial charge in [-0.05, 0) is 51.3 Å². The van der Waals surface area contributed by atoms with Crippen LogP contribution in [0.2, 0.25) is 0 Å². The topological polar surface area (TPSA) is 21.1 Å². The highest BCUT2D eigenvalue weighted by Gasteiger charge is 2.17. The van der Waals surface area contributed by atoms with E-state index in [0.29, 0.717) is 12.0 Å². The van der Waals surface area contributed by atoms with E-state index < -0.39 is 0 Å². The van der Waals surface area contributed by atoms with E-state index in [4.69, 9.17) is 5.10 Å². The predicted octanol–water partition coefficient (Wildman–Crippen LogP) is 3.57. The Morgan fingerprint density at radius 2 is 1.78 bits per heavy atom. The van der Waals surface area contributed by atoms with Gasteiger partial charge in [-0.2, -0.15) is 5.10 Å². The van der Waals surface area contributed by atoms with Crippen LogP contribution in [-0.4, -0.2) is 27.8 Å². The summed E-state index contributed by atoms with van der Waals surface area (Å²) >= 11 is 0. The molecular formula is C15H27N3. The molecule has 3 nitrogen and oxygen atoms in total. The number of likely N-dealkylation sites (tertiary alicyclic amines) is 1. The normalized spacial score (nSPS) is 17.9. The molecule has 1 fully saturated rings. The second-order valence-electron chi connectivity index (χ2n) is 6.10. The van der Waals surface area contributed by atoms with Gasteiger partial charge >= 0.3 is 0 Å². The number of rotatable bonds is 4. The molecule has 1 aliphatic rings. The van der Waals surface area contributed by atoms with Gasteiger partial charge in [0.2, 0.25) is 0 Å². The molecule has 2 rings (SSSR count). The lowest BCUT2D eigenvalue weighted by atomic mass is 10.0. The van der Waals surface area contributed by atoms with Crippen LogP contribution in [0.15, 0.2) is 6.20 Å². The number of nitrogens with zero attached hydrogens (tertiary/aromatic N) is 3. The molecular weight excluding hydrogens is 222 g/mol. The van der Waals surface area contributed by atoms with E-state index >= 15 is 0 Å². The molecule has 0 unspecified atom stereocenters. The van der Waals surface area contributed by atoms with Crippen LogP contribution >= 0.6 is 0 Å². The quantitative estimate of drug-likeness (QED) is 0.813. The fourth-order valence-electron chi connectivity index (χ4n) is 2.64. The van der Waals surface area contributed by atoms with Crippen LogP contribution in [0.5, 0.6) is 0 Å². The van der Waals surface area contributed by atoms with Gasteiger partial charge < -0.3 is 0 Å². The highest BCUT2D eigenvalue weighted by Crippen LogP contribution is 2.22. The molecule has 0 radical (unpaired) electrons. The maximum Gasteiger partial charge on any atom is 0.0799 e. The fraction of sp³-hybridized carbons (Fsp3) is 0.800. The summed E-state index contributed by atoms with van der Waals surface area (Å²) in [5, 5.41) is 4.80. The molecule has 0 amide bonds. The van der Waals surface area contributed by atoms with Crippen molar-refractivity contribution < 1.29 is 0 Å². The zero-order valence-electron chi connectivity index (χ0n) is 12.3. The number of piperidine rings is 1. The summed E-state index contributed by atoms with van der Waals surface area (Å²) in [6.45, 7) is 12.4. The van der Waals surface area contributed by atoms with Gasteiger partial charge in [0.1, 0.15) is 0 Å². The van der Waals surface area contributed by atoms with Crippen LogP contribution in [0.4, 0.5) is 0 Å². The minimum atomic E-state index is 0.456. The van der Waals surface area contributed by atoms with Crippen molar-refractivity contribution in [3.05, 3.63) is 17.5 Å². The predicted molar refractivity (Wildman–Crippen MR) is 75.8 cm³/mol. The summed E-state index contributed by atoms with van der Waals surface area (Å²) in [5.74, 6) is 0.567. The minimum absolute atomic E-state index is 0.456. The van der Waals surface area contributed by atoms with Crippen molar-refractivity contribution >= 4 is 0 Å². The van der Waals surface area contributed by atoms with E-state index in [2.05, 4.69) is 43.5 Å². The van der Waals surface area contributed by atoms with E-state index in [1.165, 1.54) is 43.6 Å². The van der Waals surface area contributed by atoms with E-state index in [1.807, 2.05) is 0 Å². The lowest BCUT2D eigenvalue weighted by molar-refractivity contribution is 0.217. The van der Waals surface area contributed by atoms with Crippen LogP contribution in [-0.2, 0) is 6.54 Å². The lowest BCUT2D eigenvalue weighted by Gasteiger charge is -2.26. The smallest absolute Gasteiger partial charge is 0.0799 e. The first-order chi connectivity index (χ1) is 8.58. The van der Waals surface area contributed by atoms with Crippen LogP contribution in [0, 0.1) is 0 Å². The SMILES string of the molecule is CC(C)c1cn(C(C)C)nc1CN1CCCCC1. The molecule has 1 aromatic rings. The van der Waals surface area contributed by atoms with Crippen molar-refractivity contribution in [1.29, 1.82) is 0 Å². The van der Waals surface area contributed by atoms with Gasteiger partial charge in [-0.15, -0.1) is 0 Å². The molecule has 1 aromatic heterocycles. The molecule has 18 heavy (non-hydrogen) atoms. The first-order valence-corrected chi connectivity index (χ1v) is 7.38. The molecule has 1 aliphatic heterocycles. The zero-order valence-corrected chi connectivity index (χ0v) is 12.3. The van der Waals surface area contributed by atoms with E-state index in [9.17, 15) is 0 Å². The first kappa shape index (κ1) is 13.6. The van der Waals surface area contributed by atoms with Crippen molar-refractivity contribution in [1.82, 2.24) is 14.7 Å². The van der Waals surface area contributed by atoms with Crippen LogP contribution in [0.3, 0.4) is 0 Å². The van der Waals surface area contributed by atoms with E-state index in [-0.39, 0.29) is 0 Å². The summed E-state index contributed by atoms with van der Waals surface area (Å²) in [7, 11) is 0. The Bertz CT molecular complexity index is 373. The average Bonchev–Trinajstić information content (AvgIpc) is 2.74. The van der Waals surface area contributed by atoms with E-state index in [0.717, 1.165) is 6.54 Å². The Morgan fingerprint density at radius 1 is 1.11 bits per heavy atom. The molecule has 0 spiro atoms. The Kier molecular flexibility index (Phi) is 4.44. The lowest BCUT2D eigenvalue weighted by Crippen LogP contribution is -2.29. The number of hydrogen-bond donors (Lipinski definition) is 0. The van der Waals surface area contributed by atoms with Crippen molar-refractivity contribution in [3.63, 3.8) is 0 Å². The molecule has 102 valence electrons. The highest BCUT2D eigenvalue weighted by molar-refractivity contribution is 5.21. The molecule has 0 aliphatic carbocycles. The maximum absolute atomic E-state index is 4.80. The van der Waals surface area contributed by atoms with Crippen LogP contribution in [0.25, 0.3) is 0 Å². The average molecular weight is 249 g/mol. The van der Waals surface area contributed by atoms with Gasteiger partial charge in [0.25, 0.3) is 0 Å². The Labute approximate surface area is 111 Å². The molecule has 1 saturated heterocycles. The summed E-state index contributed by atoms with van der Waals surface area (Å²) in [5.41, 5.74) is 2.72. The van der Waals surface area contributed by atoms with Gasteiger partial charge in [0.05, 0.1) is 5.69 Å². The summed E-state index contributed by atoms with van der Waals surface area (Å²) in [6, 6.07) is 0.456. The zero-order chi connectivity index (χ0) is 13.1. The van der Waals surface area contributed by atoms with Gasteiger partial charge in [0, 0.05) is 18.8 Å². The second-order valence-corrected chi connectivity index (χ2v) is 6.10. The maximum atomic E-state index is 4.80. The van der Waals surface area contributed by atoms with Crippen LogP contribution in [0.1, 0.15) is 70.2 Å². The van der Waals surface area contributed by atoms with Crippen molar-refractivity contribution in [2.45, 2.75) is 65.5 Å². The molecule has 0 saturated carbocycles. The molecule has 3 heteroatoms. The highest BCUT2D eigenvalue weighted by atomic mass is 15.3. The Hall–Kier alpha value is -0.830. The molecule has 0 N–H and O–H groups in total. The molecule has 2 heterocycles. The summed E-state index contributed by atoms with van der Waals surface area (Å²) in [6.07, 6.45) is 6.34. The van der Waals surface area contributed by atoms with Crippen molar-refractivity contribution in [3.8, 4) is 0 Å². The van der Waals surface area contributed by atoms with Gasteiger partial charge in [-0.25, -0.2) is 0 Å². The van der Waals surface area contributed by atoms with Crippen molar-refractivity contribution in [2.24, 2.45) is 0 Å². The van der Waals surface area contributed by atoms with Crippen LogP contribution < -0.4 is 0 Å². The molecule has 0 bridgehead atoms. The standard InChI is InChI=1S/C15H27N3/c1-12(2)14-10-18(13(3)4)16-15(14)11-17-8-6-5-7-9-17/h10,12-13H,5-9,11H2,1-4H3. The van der Waals surface area contributed by atoms with Gasteiger partial charge in [-0.1, -0.05) is 20.3 Å². The first-order valence-electron chi connectivity index (χ1n) is 7.38. The van der Waals surface area contributed by atoms with E-state index in [1.54, 1.807) is 0 Å². The van der Waals surface area contributed by atoms with Crippen molar-refractivity contribution in [2.75, 3.05) is 13.1 Å². The summed E-state index contributed by atoms with van der Waals surface area (Å²) < 4.78 is 2.12. The Morgan fingerprint density at radius 3 is 2.33 bits per heavy atom.